The van der Waals surface area contributed by atoms with Crippen molar-refractivity contribution in [1.29, 1.82) is 0 Å². The predicted molar refractivity (Wildman–Crippen MR) is 111 cm³/mol. The number of aromatic nitrogens is 2. The van der Waals surface area contributed by atoms with Gasteiger partial charge in [-0.3, -0.25) is 9.89 Å². The van der Waals surface area contributed by atoms with Crippen molar-refractivity contribution in [2.45, 2.75) is 5.75 Å². The first-order valence-electron chi connectivity index (χ1n) is 9.55. The Balaban J connectivity index is 1.38. The Kier molecular flexibility index (Phi) is 5.65. The summed E-state index contributed by atoms with van der Waals surface area (Å²) < 4.78 is 39.8. The Morgan fingerprint density at radius 3 is 2.33 bits per heavy atom. The van der Waals surface area contributed by atoms with Crippen molar-refractivity contribution in [3.05, 3.63) is 77.7 Å². The highest BCUT2D eigenvalue weighted by atomic mass is 32.2. The fourth-order valence-corrected chi connectivity index (χ4v) is 4.93. The van der Waals surface area contributed by atoms with Crippen LogP contribution in [0, 0.1) is 5.82 Å². The Bertz CT molecular complexity index is 1120. The van der Waals surface area contributed by atoms with Crippen LogP contribution in [0.2, 0.25) is 0 Å². The van der Waals surface area contributed by atoms with E-state index in [1.54, 1.807) is 35.2 Å². The van der Waals surface area contributed by atoms with Gasteiger partial charge in [-0.15, -0.1) is 0 Å². The molecule has 0 radical (unpaired) electrons. The number of hydrogen-bond acceptors (Lipinski definition) is 4. The van der Waals surface area contributed by atoms with Crippen molar-refractivity contribution in [2.24, 2.45) is 0 Å². The van der Waals surface area contributed by atoms with E-state index in [1.165, 1.54) is 16.4 Å². The quantitative estimate of drug-likeness (QED) is 0.677. The molecule has 1 N–H and O–H groups in total. The van der Waals surface area contributed by atoms with Gasteiger partial charge in [0.1, 0.15) is 11.5 Å². The number of nitrogens with one attached hydrogen (secondary N) is 1. The summed E-state index contributed by atoms with van der Waals surface area (Å²) >= 11 is 0. The maximum Gasteiger partial charge on any atom is 0.271 e. The minimum absolute atomic E-state index is 0.0522. The molecular formula is C21H21FN4O3S. The van der Waals surface area contributed by atoms with Crippen molar-refractivity contribution in [2.75, 3.05) is 26.2 Å². The van der Waals surface area contributed by atoms with Crippen LogP contribution < -0.4 is 0 Å². The Labute approximate surface area is 174 Å². The lowest BCUT2D eigenvalue weighted by Crippen LogP contribution is -2.50. The molecule has 2 aromatic carbocycles. The summed E-state index contributed by atoms with van der Waals surface area (Å²) in [6, 6.07) is 16.5. The van der Waals surface area contributed by atoms with Crippen molar-refractivity contribution in [3.8, 4) is 11.3 Å². The molecule has 1 aliphatic heterocycles. The van der Waals surface area contributed by atoms with Crippen molar-refractivity contribution in [3.63, 3.8) is 0 Å². The van der Waals surface area contributed by atoms with Gasteiger partial charge in [-0.25, -0.2) is 12.8 Å². The first kappa shape index (κ1) is 20.2. The molecule has 0 unspecified atom stereocenters. The third-order valence-corrected chi connectivity index (χ3v) is 6.91. The first-order chi connectivity index (χ1) is 14.4. The molecule has 0 aliphatic carbocycles. The maximum absolute atomic E-state index is 13.1. The number of carbonyl (C=O) groups is 1. The molecule has 7 nitrogen and oxygen atoms in total. The summed E-state index contributed by atoms with van der Waals surface area (Å²) in [6.45, 7) is 1.11. The molecule has 1 saturated heterocycles. The predicted octanol–water partition coefficient (Wildman–Crippen LogP) is 2.50. The van der Waals surface area contributed by atoms with Crippen molar-refractivity contribution >= 4 is 15.9 Å². The number of sulfonamides is 1. The van der Waals surface area contributed by atoms with Gasteiger partial charge in [0.25, 0.3) is 5.91 Å². The molecule has 156 valence electrons. The van der Waals surface area contributed by atoms with E-state index in [4.69, 9.17) is 0 Å². The molecule has 1 aromatic heterocycles. The molecule has 30 heavy (non-hydrogen) atoms. The maximum atomic E-state index is 13.1. The summed E-state index contributed by atoms with van der Waals surface area (Å²) in [5.74, 6) is -0.634. The largest absolute Gasteiger partial charge is 0.335 e. The molecule has 0 bridgehead atoms. The number of halogens is 1. The van der Waals surface area contributed by atoms with Crippen LogP contribution in [0.25, 0.3) is 11.3 Å². The average Bonchev–Trinajstić information content (AvgIpc) is 3.24. The highest BCUT2D eigenvalue weighted by molar-refractivity contribution is 7.88. The van der Waals surface area contributed by atoms with Gasteiger partial charge >= 0.3 is 0 Å². The van der Waals surface area contributed by atoms with Crippen LogP contribution in [0.4, 0.5) is 4.39 Å². The van der Waals surface area contributed by atoms with Crippen molar-refractivity contribution in [1.82, 2.24) is 19.4 Å². The zero-order valence-electron chi connectivity index (χ0n) is 16.2. The molecule has 0 saturated carbocycles. The molecule has 1 fully saturated rings. The zero-order chi connectivity index (χ0) is 21.1. The standard InChI is InChI=1S/C21H21FN4O3S/c22-18-8-6-17(7-9-18)19-14-20(24-23-19)21(27)25-10-12-26(13-11-25)30(28,29)15-16-4-2-1-3-5-16/h1-9,14H,10-13,15H2,(H,23,24). The Hall–Kier alpha value is -3.04. The fourth-order valence-electron chi connectivity index (χ4n) is 3.42. The molecule has 0 atom stereocenters. The van der Waals surface area contributed by atoms with Crippen LogP contribution in [-0.4, -0.2) is 59.9 Å². The van der Waals surface area contributed by atoms with E-state index >= 15 is 0 Å². The molecule has 2 heterocycles. The third kappa shape index (κ3) is 4.42. The van der Waals surface area contributed by atoms with E-state index < -0.39 is 10.0 Å². The van der Waals surface area contributed by atoms with Crippen LogP contribution in [0.3, 0.4) is 0 Å². The lowest BCUT2D eigenvalue weighted by atomic mass is 10.1. The molecule has 3 aromatic rings. The second-order valence-electron chi connectivity index (χ2n) is 7.11. The molecule has 1 aliphatic rings. The van der Waals surface area contributed by atoms with E-state index in [2.05, 4.69) is 10.2 Å². The minimum atomic E-state index is -3.44. The smallest absolute Gasteiger partial charge is 0.271 e. The second-order valence-corrected chi connectivity index (χ2v) is 9.08. The van der Waals surface area contributed by atoms with E-state index in [1.807, 2.05) is 18.2 Å². The normalized spacial score (nSPS) is 15.3. The van der Waals surface area contributed by atoms with Crippen LogP contribution in [0.1, 0.15) is 16.1 Å². The number of rotatable bonds is 5. The SMILES string of the molecule is O=C(c1cc(-c2ccc(F)cc2)n[nH]1)N1CCN(S(=O)(=O)Cc2ccccc2)CC1. The van der Waals surface area contributed by atoms with Gasteiger partial charge in [0.15, 0.2) is 0 Å². The van der Waals surface area contributed by atoms with Gasteiger partial charge in [0.05, 0.1) is 11.4 Å². The van der Waals surface area contributed by atoms with E-state index in [0.29, 0.717) is 30.0 Å². The number of nitrogens with zero attached hydrogens (tertiary/aromatic N) is 3. The lowest BCUT2D eigenvalue weighted by molar-refractivity contribution is 0.0692. The average molecular weight is 428 g/mol. The number of H-pyrrole nitrogens is 1. The third-order valence-electron chi connectivity index (χ3n) is 5.06. The lowest BCUT2D eigenvalue weighted by Gasteiger charge is -2.33. The van der Waals surface area contributed by atoms with Crippen LogP contribution in [-0.2, 0) is 15.8 Å². The van der Waals surface area contributed by atoms with Crippen LogP contribution in [0.5, 0.6) is 0 Å². The highest BCUT2D eigenvalue weighted by Crippen LogP contribution is 2.20. The summed E-state index contributed by atoms with van der Waals surface area (Å²) in [7, 11) is -3.44. The summed E-state index contributed by atoms with van der Waals surface area (Å²) in [6.07, 6.45) is 0. The number of piperazine rings is 1. The van der Waals surface area contributed by atoms with E-state index in [9.17, 15) is 17.6 Å². The van der Waals surface area contributed by atoms with Gasteiger partial charge in [-0.2, -0.15) is 9.40 Å². The Morgan fingerprint density at radius 1 is 1.00 bits per heavy atom. The molecule has 4 rings (SSSR count). The summed E-state index contributed by atoms with van der Waals surface area (Å²) in [5, 5.41) is 6.86. The first-order valence-corrected chi connectivity index (χ1v) is 11.2. The minimum Gasteiger partial charge on any atom is -0.335 e. The zero-order valence-corrected chi connectivity index (χ0v) is 17.0. The van der Waals surface area contributed by atoms with Crippen molar-refractivity contribution < 1.29 is 17.6 Å². The second kappa shape index (κ2) is 8.37. The number of aromatic amines is 1. The molecule has 0 spiro atoms. The van der Waals surface area contributed by atoms with Gasteiger partial charge in [0, 0.05) is 31.7 Å². The van der Waals surface area contributed by atoms with Gasteiger partial charge in [0.2, 0.25) is 10.0 Å². The molecular weight excluding hydrogens is 407 g/mol. The van der Waals surface area contributed by atoms with Crippen LogP contribution in [0.15, 0.2) is 60.7 Å². The molecule has 1 amide bonds. The topological polar surface area (TPSA) is 86.4 Å². The van der Waals surface area contributed by atoms with Crippen LogP contribution >= 0.6 is 0 Å². The summed E-state index contributed by atoms with van der Waals surface area (Å²) in [5.41, 5.74) is 2.29. The highest BCUT2D eigenvalue weighted by Gasteiger charge is 2.30. The van der Waals surface area contributed by atoms with Gasteiger partial charge in [-0.05, 0) is 35.9 Å². The Morgan fingerprint density at radius 2 is 1.67 bits per heavy atom. The number of carbonyl (C=O) groups excluding carboxylic acids is 1. The molecule has 9 heteroatoms. The van der Waals surface area contributed by atoms with E-state index in [0.717, 1.165) is 5.56 Å². The summed E-state index contributed by atoms with van der Waals surface area (Å²) in [4.78, 5) is 14.4. The monoisotopic (exact) mass is 428 g/mol. The van der Waals surface area contributed by atoms with E-state index in [-0.39, 0.29) is 30.6 Å². The van der Waals surface area contributed by atoms with Gasteiger partial charge < -0.3 is 4.90 Å². The number of amides is 1. The van der Waals surface area contributed by atoms with Gasteiger partial charge in [-0.1, -0.05) is 30.3 Å². The number of benzene rings is 2. The fraction of sp³-hybridized carbons (Fsp3) is 0.238. The number of hydrogen-bond donors (Lipinski definition) is 1.